The summed E-state index contributed by atoms with van der Waals surface area (Å²) in [5, 5.41) is 9.78. The number of aryl methyl sites for hydroxylation is 4. The highest BCUT2D eigenvalue weighted by atomic mass is 16.5. The van der Waals surface area contributed by atoms with Gasteiger partial charge in [0.1, 0.15) is 17.0 Å². The van der Waals surface area contributed by atoms with Crippen LogP contribution in [0, 0.1) is 13.8 Å². The third-order valence-corrected chi connectivity index (χ3v) is 5.32. The zero-order chi connectivity index (χ0) is 22.4. The lowest BCUT2D eigenvalue weighted by molar-refractivity contribution is 0.0691. The monoisotopic (exact) mass is 419 g/mol. The third kappa shape index (κ3) is 3.31. The van der Waals surface area contributed by atoms with Crippen LogP contribution in [0.2, 0.25) is 0 Å². The van der Waals surface area contributed by atoms with E-state index in [4.69, 9.17) is 4.74 Å². The molecule has 1 aromatic carbocycles. The number of ether oxygens (including phenoxy) is 1. The maximum atomic E-state index is 13.1. The second kappa shape index (κ2) is 7.32. The number of nitrogens with zero attached hydrogens (tertiary/aromatic N) is 2. The molecule has 0 saturated heterocycles. The zero-order valence-electron chi connectivity index (χ0n) is 17.5. The minimum Gasteiger partial charge on any atom is -0.477 e. The van der Waals surface area contributed by atoms with Crippen LogP contribution in [0.5, 0.6) is 11.5 Å². The maximum absolute atomic E-state index is 13.1. The quantitative estimate of drug-likeness (QED) is 0.528. The van der Waals surface area contributed by atoms with Crippen LogP contribution in [0.25, 0.3) is 22.0 Å². The number of carboxylic acid groups (broad SMARTS) is 1. The lowest BCUT2D eigenvalue weighted by Gasteiger charge is -2.16. The Morgan fingerprint density at radius 1 is 0.968 bits per heavy atom. The summed E-state index contributed by atoms with van der Waals surface area (Å²) >= 11 is 0. The van der Waals surface area contributed by atoms with Gasteiger partial charge >= 0.3 is 5.97 Å². The average Bonchev–Trinajstić information content (AvgIpc) is 3.17. The maximum Gasteiger partial charge on any atom is 0.352 e. The molecule has 0 spiro atoms. The number of nitrogens with one attached hydrogen (secondary N) is 1. The van der Waals surface area contributed by atoms with Gasteiger partial charge in [-0.3, -0.25) is 9.59 Å². The molecule has 31 heavy (non-hydrogen) atoms. The zero-order valence-corrected chi connectivity index (χ0v) is 17.5. The molecule has 8 heteroatoms. The Bertz CT molecular complexity index is 1450. The average molecular weight is 419 g/mol. The number of hydrogen-bond donors (Lipinski definition) is 2. The molecular weight excluding hydrogens is 398 g/mol. The van der Waals surface area contributed by atoms with Crippen molar-refractivity contribution in [3.8, 4) is 22.6 Å². The fourth-order valence-electron chi connectivity index (χ4n) is 3.64. The summed E-state index contributed by atoms with van der Waals surface area (Å²) in [6.45, 7) is 3.79. The molecule has 0 radical (unpaired) electrons. The lowest BCUT2D eigenvalue weighted by atomic mass is 10.0. The van der Waals surface area contributed by atoms with Crippen LogP contribution in [0.1, 0.15) is 21.6 Å². The Labute approximate surface area is 177 Å². The van der Waals surface area contributed by atoms with E-state index in [0.717, 1.165) is 11.1 Å². The van der Waals surface area contributed by atoms with E-state index < -0.39 is 5.97 Å². The normalized spacial score (nSPS) is 11.1. The number of carbonyl (C=O) groups is 1. The number of benzene rings is 1. The summed E-state index contributed by atoms with van der Waals surface area (Å²) in [4.78, 5) is 39.8. The number of aromatic amines is 1. The summed E-state index contributed by atoms with van der Waals surface area (Å²) in [5.41, 5.74) is 2.04. The summed E-state index contributed by atoms with van der Waals surface area (Å²) in [7, 11) is 3.19. The van der Waals surface area contributed by atoms with Gasteiger partial charge in [-0.15, -0.1) is 0 Å². The number of H-pyrrole nitrogens is 1. The Balaban J connectivity index is 2.04. The standard InChI is InChI=1S/C23H21N3O5/c1-12-6-5-7-13(2)19(12)31-20-14(8-9-25(3)22(20)28)16-11-26(4)21(27)18-15(16)10-17(24-18)23(29)30/h5-11,24H,1-4H3,(H,29,30). The van der Waals surface area contributed by atoms with Crippen molar-refractivity contribution in [2.75, 3.05) is 0 Å². The number of rotatable bonds is 4. The molecule has 0 bridgehead atoms. The van der Waals surface area contributed by atoms with E-state index in [1.165, 1.54) is 15.2 Å². The van der Waals surface area contributed by atoms with Crippen molar-refractivity contribution in [1.29, 1.82) is 0 Å². The highest BCUT2D eigenvalue weighted by Crippen LogP contribution is 2.36. The van der Waals surface area contributed by atoms with Crippen LogP contribution < -0.4 is 15.9 Å². The smallest absolute Gasteiger partial charge is 0.352 e. The van der Waals surface area contributed by atoms with Gasteiger partial charge in [0.05, 0.1) is 0 Å². The second-order valence-corrected chi connectivity index (χ2v) is 7.53. The molecule has 0 amide bonds. The molecule has 0 atom stereocenters. The summed E-state index contributed by atoms with van der Waals surface area (Å²) < 4.78 is 8.92. The molecule has 4 rings (SSSR count). The van der Waals surface area contributed by atoms with E-state index in [1.54, 1.807) is 32.6 Å². The number of hydrogen-bond acceptors (Lipinski definition) is 4. The van der Waals surface area contributed by atoms with Gasteiger partial charge in [0.2, 0.25) is 0 Å². The van der Waals surface area contributed by atoms with Crippen molar-refractivity contribution >= 4 is 16.9 Å². The molecule has 4 aromatic rings. The molecule has 3 aromatic heterocycles. The summed E-state index contributed by atoms with van der Waals surface area (Å²) in [6, 6.07) is 8.81. The van der Waals surface area contributed by atoms with E-state index in [9.17, 15) is 19.5 Å². The van der Waals surface area contributed by atoms with Crippen molar-refractivity contribution in [2.24, 2.45) is 14.1 Å². The van der Waals surface area contributed by atoms with E-state index in [1.807, 2.05) is 32.0 Å². The Morgan fingerprint density at radius 3 is 2.29 bits per heavy atom. The van der Waals surface area contributed by atoms with Crippen molar-refractivity contribution < 1.29 is 14.6 Å². The number of aromatic nitrogens is 3. The van der Waals surface area contributed by atoms with Crippen molar-refractivity contribution in [1.82, 2.24) is 14.1 Å². The predicted molar refractivity (Wildman–Crippen MR) is 117 cm³/mol. The first-order valence-electron chi connectivity index (χ1n) is 9.58. The van der Waals surface area contributed by atoms with Gasteiger partial charge in [-0.05, 0) is 37.1 Å². The van der Waals surface area contributed by atoms with Crippen LogP contribution in [-0.2, 0) is 14.1 Å². The van der Waals surface area contributed by atoms with Gasteiger partial charge in [0.25, 0.3) is 11.1 Å². The molecule has 8 nitrogen and oxygen atoms in total. The Hall–Kier alpha value is -4.07. The molecule has 0 aliphatic rings. The van der Waals surface area contributed by atoms with Gasteiger partial charge in [0.15, 0.2) is 5.75 Å². The van der Waals surface area contributed by atoms with Crippen molar-refractivity contribution in [3.05, 3.63) is 80.3 Å². The first-order chi connectivity index (χ1) is 14.7. The van der Waals surface area contributed by atoms with Gasteiger partial charge in [-0.1, -0.05) is 18.2 Å². The second-order valence-electron chi connectivity index (χ2n) is 7.53. The SMILES string of the molecule is Cc1cccc(C)c1Oc1c(-c2cn(C)c(=O)c3[nH]c(C(=O)O)cc23)ccn(C)c1=O. The molecule has 0 unspecified atom stereocenters. The van der Waals surface area contributed by atoms with E-state index in [-0.39, 0.29) is 28.1 Å². The number of fused-ring (bicyclic) bond motifs is 1. The van der Waals surface area contributed by atoms with Crippen LogP contribution in [0.3, 0.4) is 0 Å². The molecule has 2 N–H and O–H groups in total. The fraction of sp³-hybridized carbons (Fsp3) is 0.174. The molecule has 0 aliphatic carbocycles. The van der Waals surface area contributed by atoms with E-state index in [2.05, 4.69) is 4.98 Å². The third-order valence-electron chi connectivity index (χ3n) is 5.32. The number of pyridine rings is 2. The van der Waals surface area contributed by atoms with Crippen molar-refractivity contribution in [2.45, 2.75) is 13.8 Å². The van der Waals surface area contributed by atoms with Gasteiger partial charge in [0, 0.05) is 43.0 Å². The topological polar surface area (TPSA) is 106 Å². The molecule has 158 valence electrons. The molecular formula is C23H21N3O5. The lowest BCUT2D eigenvalue weighted by Crippen LogP contribution is -2.20. The van der Waals surface area contributed by atoms with Gasteiger partial charge < -0.3 is 24.0 Å². The number of para-hydroxylation sites is 1. The number of carboxylic acids is 1. The van der Waals surface area contributed by atoms with E-state index >= 15 is 0 Å². The van der Waals surface area contributed by atoms with Crippen LogP contribution in [0.4, 0.5) is 0 Å². The molecule has 0 fully saturated rings. The summed E-state index contributed by atoms with van der Waals surface area (Å²) in [5.74, 6) is -0.506. The van der Waals surface area contributed by atoms with E-state index in [0.29, 0.717) is 22.3 Å². The largest absolute Gasteiger partial charge is 0.477 e. The summed E-state index contributed by atoms with van der Waals surface area (Å²) in [6.07, 6.45) is 3.19. The Kier molecular flexibility index (Phi) is 4.77. The minimum atomic E-state index is -1.18. The van der Waals surface area contributed by atoms with Crippen LogP contribution in [-0.4, -0.2) is 25.2 Å². The first-order valence-corrected chi connectivity index (χ1v) is 9.58. The van der Waals surface area contributed by atoms with Crippen molar-refractivity contribution in [3.63, 3.8) is 0 Å². The van der Waals surface area contributed by atoms with Gasteiger partial charge in [-0.25, -0.2) is 4.79 Å². The van der Waals surface area contributed by atoms with Crippen LogP contribution >= 0.6 is 0 Å². The fourth-order valence-corrected chi connectivity index (χ4v) is 3.64. The van der Waals surface area contributed by atoms with Crippen LogP contribution in [0.15, 0.2) is 52.3 Å². The minimum absolute atomic E-state index is 0.0976. The molecule has 3 heterocycles. The predicted octanol–water partition coefficient (Wildman–Crippen LogP) is 3.34. The highest BCUT2D eigenvalue weighted by molar-refractivity contribution is 6.01. The van der Waals surface area contributed by atoms with Gasteiger partial charge in [-0.2, -0.15) is 0 Å². The molecule has 0 aliphatic heterocycles. The number of aromatic carboxylic acids is 1. The highest BCUT2D eigenvalue weighted by Gasteiger charge is 2.21. The first kappa shape index (κ1) is 20.2. The Morgan fingerprint density at radius 2 is 1.65 bits per heavy atom. The molecule has 0 saturated carbocycles.